The fourth-order valence-corrected chi connectivity index (χ4v) is 6.68. The third-order valence-corrected chi connectivity index (χ3v) is 10.2. The molecule has 0 radical (unpaired) electrons. The van der Waals surface area contributed by atoms with Crippen LogP contribution in [0.15, 0.2) is 58.3 Å². The van der Waals surface area contributed by atoms with Gasteiger partial charge in [0.1, 0.15) is 36.9 Å². The van der Waals surface area contributed by atoms with Gasteiger partial charge in [0.15, 0.2) is 0 Å². The molecular weight excluding hydrogens is 637 g/mol. The maximum Gasteiger partial charge on any atom is 0.206 e. The van der Waals surface area contributed by atoms with Gasteiger partial charge < -0.3 is 39.9 Å². The van der Waals surface area contributed by atoms with Gasteiger partial charge in [0, 0.05) is 51.0 Å². The SMILES string of the molecule is CCOC(COCCCSCCN)COc1ccc(S(=O)(=O)c2ccc(OCC(COCCCSCCN)OCC)cc2)cc1. The standard InChI is InChI=1S/C32H52N2O8S3/c1-3-39-29(23-37-17-5-19-43-21-15-33)25-41-27-7-11-31(12-8-27)45(35,36)32-13-9-28(10-14-32)42-26-30(40-4-2)24-38-18-6-20-44-22-16-34/h7-14,29-30H,3-6,15-26,33-34H2,1-2H3. The van der Waals surface area contributed by atoms with Crippen LogP contribution in [0.25, 0.3) is 0 Å². The summed E-state index contributed by atoms with van der Waals surface area (Å²) in [5.74, 6) is 5.06. The van der Waals surface area contributed by atoms with Gasteiger partial charge in [-0.1, -0.05) is 0 Å². The number of thioether (sulfide) groups is 2. The summed E-state index contributed by atoms with van der Waals surface area (Å²) in [7, 11) is -3.72. The van der Waals surface area contributed by atoms with Crippen molar-refractivity contribution in [2.45, 2.75) is 48.7 Å². The first kappa shape index (κ1) is 39.6. The van der Waals surface area contributed by atoms with E-state index < -0.39 is 9.84 Å². The molecule has 4 N–H and O–H groups in total. The fourth-order valence-electron chi connectivity index (χ4n) is 4.03. The van der Waals surface area contributed by atoms with Gasteiger partial charge in [-0.15, -0.1) is 0 Å². The topological polar surface area (TPSA) is 142 Å². The zero-order valence-electron chi connectivity index (χ0n) is 26.7. The zero-order valence-corrected chi connectivity index (χ0v) is 29.2. The molecule has 0 amide bonds. The fraction of sp³-hybridized carbons (Fsp3) is 0.625. The predicted molar refractivity (Wildman–Crippen MR) is 184 cm³/mol. The van der Waals surface area contributed by atoms with E-state index in [-0.39, 0.29) is 22.0 Å². The van der Waals surface area contributed by atoms with Gasteiger partial charge in [0.05, 0.1) is 23.0 Å². The van der Waals surface area contributed by atoms with Crippen LogP contribution in [-0.4, -0.2) is 110 Å². The van der Waals surface area contributed by atoms with E-state index in [9.17, 15) is 8.42 Å². The van der Waals surface area contributed by atoms with Crippen LogP contribution in [-0.2, 0) is 28.8 Å². The largest absolute Gasteiger partial charge is 0.491 e. The third-order valence-electron chi connectivity index (χ3n) is 6.23. The van der Waals surface area contributed by atoms with E-state index in [1.807, 2.05) is 37.4 Å². The number of nitrogens with two attached hydrogens (primary N) is 2. The van der Waals surface area contributed by atoms with Crippen molar-refractivity contribution in [3.8, 4) is 11.5 Å². The van der Waals surface area contributed by atoms with Crippen LogP contribution in [0.4, 0.5) is 0 Å². The van der Waals surface area contributed by atoms with E-state index in [4.69, 9.17) is 39.9 Å². The van der Waals surface area contributed by atoms with Crippen LogP contribution in [0.2, 0.25) is 0 Å². The maximum absolute atomic E-state index is 13.2. The number of hydrogen-bond acceptors (Lipinski definition) is 12. The lowest BCUT2D eigenvalue weighted by Crippen LogP contribution is -2.27. The quantitative estimate of drug-likeness (QED) is 0.123. The molecule has 0 spiro atoms. The molecule has 0 bridgehead atoms. The highest BCUT2D eigenvalue weighted by Crippen LogP contribution is 2.25. The lowest BCUT2D eigenvalue weighted by Gasteiger charge is -2.18. The summed E-state index contributed by atoms with van der Waals surface area (Å²) in [4.78, 5) is 0.353. The van der Waals surface area contributed by atoms with E-state index in [0.29, 0.717) is 77.4 Å². The average Bonchev–Trinajstić information content (AvgIpc) is 3.05. The monoisotopic (exact) mass is 688 g/mol. The van der Waals surface area contributed by atoms with Gasteiger partial charge in [-0.3, -0.25) is 0 Å². The number of ether oxygens (including phenoxy) is 6. The molecule has 2 unspecified atom stereocenters. The van der Waals surface area contributed by atoms with E-state index in [1.54, 1.807) is 48.5 Å². The molecule has 0 aliphatic heterocycles. The van der Waals surface area contributed by atoms with E-state index >= 15 is 0 Å². The highest BCUT2D eigenvalue weighted by atomic mass is 32.2. The predicted octanol–water partition coefficient (Wildman–Crippen LogP) is 4.28. The number of benzene rings is 2. The first-order valence-corrected chi connectivity index (χ1v) is 19.4. The van der Waals surface area contributed by atoms with Crippen molar-refractivity contribution in [1.29, 1.82) is 0 Å². The van der Waals surface area contributed by atoms with Crippen molar-refractivity contribution < 1.29 is 36.8 Å². The number of rotatable bonds is 28. The summed E-state index contributed by atoms with van der Waals surface area (Å²) in [5.41, 5.74) is 11.0. The lowest BCUT2D eigenvalue weighted by molar-refractivity contribution is -0.0325. The summed E-state index contributed by atoms with van der Waals surface area (Å²) < 4.78 is 61.2. The molecule has 13 heteroatoms. The molecule has 0 aromatic heterocycles. The Morgan fingerprint density at radius 3 is 1.38 bits per heavy atom. The summed E-state index contributed by atoms with van der Waals surface area (Å²) >= 11 is 3.64. The van der Waals surface area contributed by atoms with Gasteiger partial charge >= 0.3 is 0 Å². The average molecular weight is 689 g/mol. The smallest absolute Gasteiger partial charge is 0.206 e. The first-order valence-electron chi connectivity index (χ1n) is 15.6. The molecular formula is C32H52N2O8S3. The van der Waals surface area contributed by atoms with Crippen molar-refractivity contribution >= 4 is 33.4 Å². The van der Waals surface area contributed by atoms with Crippen LogP contribution < -0.4 is 20.9 Å². The molecule has 10 nitrogen and oxygen atoms in total. The second-order valence-corrected chi connectivity index (χ2v) is 14.3. The third kappa shape index (κ3) is 16.7. The Morgan fingerprint density at radius 1 is 0.622 bits per heavy atom. The molecule has 0 aliphatic carbocycles. The molecule has 0 fully saturated rings. The Bertz CT molecular complexity index is 1030. The number of hydrogen-bond donors (Lipinski definition) is 2. The maximum atomic E-state index is 13.2. The summed E-state index contributed by atoms with van der Waals surface area (Å²) in [6, 6.07) is 12.8. The molecule has 0 saturated heterocycles. The molecule has 256 valence electrons. The van der Waals surface area contributed by atoms with Crippen LogP contribution >= 0.6 is 23.5 Å². The van der Waals surface area contributed by atoms with Crippen molar-refractivity contribution in [2.24, 2.45) is 11.5 Å². The minimum Gasteiger partial charge on any atom is -0.491 e. The van der Waals surface area contributed by atoms with E-state index in [2.05, 4.69) is 0 Å². The highest BCUT2D eigenvalue weighted by Gasteiger charge is 2.19. The van der Waals surface area contributed by atoms with Crippen molar-refractivity contribution in [3.05, 3.63) is 48.5 Å². The Kier molecular flexibility index (Phi) is 21.7. The Balaban J connectivity index is 1.82. The molecule has 2 rings (SSSR count). The Morgan fingerprint density at radius 2 is 1.02 bits per heavy atom. The van der Waals surface area contributed by atoms with Crippen molar-refractivity contribution in [2.75, 3.05) is 89.0 Å². The van der Waals surface area contributed by atoms with E-state index in [0.717, 1.165) is 35.9 Å². The second-order valence-electron chi connectivity index (χ2n) is 9.88. The summed E-state index contributed by atoms with van der Waals surface area (Å²) in [5, 5.41) is 0. The van der Waals surface area contributed by atoms with Crippen LogP contribution in [0.3, 0.4) is 0 Å². The molecule has 0 saturated carbocycles. The van der Waals surface area contributed by atoms with Crippen LogP contribution in [0.5, 0.6) is 11.5 Å². The summed E-state index contributed by atoms with van der Waals surface area (Å²) in [6.07, 6.45) is 1.47. The van der Waals surface area contributed by atoms with Crippen LogP contribution in [0, 0.1) is 0 Å². The molecule has 2 aromatic rings. The Labute approximate surface area is 278 Å². The van der Waals surface area contributed by atoms with Crippen LogP contribution in [0.1, 0.15) is 26.7 Å². The molecule has 45 heavy (non-hydrogen) atoms. The zero-order chi connectivity index (χ0) is 32.6. The minimum atomic E-state index is -3.72. The lowest BCUT2D eigenvalue weighted by atomic mass is 10.3. The molecule has 0 aliphatic rings. The highest BCUT2D eigenvalue weighted by molar-refractivity contribution is 7.99. The number of sulfone groups is 1. The normalized spacial score (nSPS) is 13.1. The Hall–Kier alpha value is -1.55. The molecule has 0 heterocycles. The molecule has 2 aromatic carbocycles. The van der Waals surface area contributed by atoms with Gasteiger partial charge in [-0.05, 0) is 86.7 Å². The van der Waals surface area contributed by atoms with Crippen molar-refractivity contribution in [1.82, 2.24) is 0 Å². The first-order chi connectivity index (χ1) is 21.9. The van der Waals surface area contributed by atoms with E-state index in [1.165, 1.54) is 0 Å². The van der Waals surface area contributed by atoms with Crippen molar-refractivity contribution in [3.63, 3.8) is 0 Å². The van der Waals surface area contributed by atoms with Gasteiger partial charge in [-0.25, -0.2) is 8.42 Å². The van der Waals surface area contributed by atoms with Gasteiger partial charge in [0.25, 0.3) is 0 Å². The minimum absolute atomic E-state index is 0.177. The summed E-state index contributed by atoms with van der Waals surface area (Å²) in [6.45, 7) is 9.08. The molecule has 2 atom stereocenters. The second kappa shape index (κ2) is 24.6. The van der Waals surface area contributed by atoms with Gasteiger partial charge in [0.2, 0.25) is 9.84 Å². The van der Waals surface area contributed by atoms with Gasteiger partial charge in [-0.2, -0.15) is 23.5 Å².